The number of aromatic nitrogens is 2. The van der Waals surface area contributed by atoms with E-state index in [1.54, 1.807) is 24.2 Å². The van der Waals surface area contributed by atoms with Crippen LogP contribution < -0.4 is 11.1 Å². The molecule has 1 amide bonds. The number of nitrogens with one attached hydrogen (secondary N) is 2. The van der Waals surface area contributed by atoms with Crippen LogP contribution in [0.15, 0.2) is 12.4 Å². The first-order valence-electron chi connectivity index (χ1n) is 4.74. The SMILES string of the molecule is CSCC[C@@H](N)C(=O)NCc1cn[nH]c1. The summed E-state index contributed by atoms with van der Waals surface area (Å²) in [6, 6.07) is -0.413. The van der Waals surface area contributed by atoms with Gasteiger partial charge in [0.05, 0.1) is 12.2 Å². The molecule has 0 fully saturated rings. The fourth-order valence-corrected chi connectivity index (χ4v) is 1.56. The van der Waals surface area contributed by atoms with Crippen molar-refractivity contribution in [3.05, 3.63) is 18.0 Å². The third kappa shape index (κ3) is 4.35. The van der Waals surface area contributed by atoms with Gasteiger partial charge < -0.3 is 11.1 Å². The normalized spacial score (nSPS) is 12.4. The number of hydrogen-bond acceptors (Lipinski definition) is 4. The molecule has 15 heavy (non-hydrogen) atoms. The van der Waals surface area contributed by atoms with Gasteiger partial charge in [0.2, 0.25) is 5.91 Å². The van der Waals surface area contributed by atoms with Gasteiger partial charge in [-0.25, -0.2) is 0 Å². The summed E-state index contributed by atoms with van der Waals surface area (Å²) in [5, 5.41) is 9.23. The Morgan fingerprint density at radius 2 is 2.60 bits per heavy atom. The lowest BCUT2D eigenvalue weighted by molar-refractivity contribution is -0.122. The summed E-state index contributed by atoms with van der Waals surface area (Å²) in [6.45, 7) is 0.475. The lowest BCUT2D eigenvalue weighted by Crippen LogP contribution is -2.40. The number of carbonyl (C=O) groups is 1. The van der Waals surface area contributed by atoms with E-state index in [1.807, 2.05) is 6.26 Å². The second-order valence-electron chi connectivity index (χ2n) is 3.21. The van der Waals surface area contributed by atoms with Gasteiger partial charge in [0.25, 0.3) is 0 Å². The summed E-state index contributed by atoms with van der Waals surface area (Å²) in [4.78, 5) is 11.5. The van der Waals surface area contributed by atoms with Crippen molar-refractivity contribution in [1.29, 1.82) is 0 Å². The van der Waals surface area contributed by atoms with Gasteiger partial charge in [-0.2, -0.15) is 16.9 Å². The van der Waals surface area contributed by atoms with E-state index in [-0.39, 0.29) is 5.91 Å². The standard InChI is InChI=1S/C9H16N4OS/c1-15-3-2-8(10)9(14)11-4-7-5-12-13-6-7/h5-6,8H,2-4,10H2,1H3,(H,11,14)(H,12,13)/t8-/m1/s1. The predicted octanol–water partition coefficient (Wildman–Crippen LogP) is 0.106. The number of rotatable bonds is 6. The van der Waals surface area contributed by atoms with Crippen molar-refractivity contribution in [2.45, 2.75) is 19.0 Å². The Balaban J connectivity index is 2.23. The highest BCUT2D eigenvalue weighted by Crippen LogP contribution is 1.99. The highest BCUT2D eigenvalue weighted by molar-refractivity contribution is 7.98. The quantitative estimate of drug-likeness (QED) is 0.645. The second kappa shape index (κ2) is 6.47. The number of carbonyl (C=O) groups excluding carboxylic acids is 1. The topological polar surface area (TPSA) is 83.8 Å². The number of amides is 1. The first kappa shape index (κ1) is 12.1. The van der Waals surface area contributed by atoms with Crippen molar-refractivity contribution in [1.82, 2.24) is 15.5 Å². The van der Waals surface area contributed by atoms with Crippen LogP contribution in [0, 0.1) is 0 Å². The summed E-state index contributed by atoms with van der Waals surface area (Å²) in [6.07, 6.45) is 6.12. The predicted molar refractivity (Wildman–Crippen MR) is 61.4 cm³/mol. The second-order valence-corrected chi connectivity index (χ2v) is 4.20. The van der Waals surface area contributed by atoms with Crippen molar-refractivity contribution in [3.8, 4) is 0 Å². The first-order chi connectivity index (χ1) is 7.24. The highest BCUT2D eigenvalue weighted by atomic mass is 32.2. The van der Waals surface area contributed by atoms with Crippen LogP contribution >= 0.6 is 11.8 Å². The molecule has 0 saturated heterocycles. The molecule has 1 rings (SSSR count). The zero-order chi connectivity index (χ0) is 11.1. The summed E-state index contributed by atoms with van der Waals surface area (Å²) in [5.41, 5.74) is 6.64. The van der Waals surface area contributed by atoms with Gasteiger partial charge in [-0.1, -0.05) is 0 Å². The monoisotopic (exact) mass is 228 g/mol. The van der Waals surface area contributed by atoms with Gasteiger partial charge >= 0.3 is 0 Å². The Bertz CT molecular complexity index is 288. The molecule has 0 aliphatic heterocycles. The van der Waals surface area contributed by atoms with Crippen LogP contribution in [-0.2, 0) is 11.3 Å². The van der Waals surface area contributed by atoms with Gasteiger partial charge in [0.15, 0.2) is 0 Å². The number of hydrogen-bond donors (Lipinski definition) is 3. The lowest BCUT2D eigenvalue weighted by atomic mass is 10.2. The molecule has 0 aliphatic rings. The number of H-pyrrole nitrogens is 1. The Labute approximate surface area is 93.2 Å². The molecular weight excluding hydrogens is 212 g/mol. The van der Waals surface area contributed by atoms with Crippen LogP contribution in [-0.4, -0.2) is 34.2 Å². The van der Waals surface area contributed by atoms with Crippen LogP contribution in [0.2, 0.25) is 0 Å². The molecule has 0 unspecified atom stereocenters. The van der Waals surface area contributed by atoms with E-state index in [1.165, 1.54) is 0 Å². The maximum Gasteiger partial charge on any atom is 0.237 e. The number of nitrogens with two attached hydrogens (primary N) is 1. The minimum Gasteiger partial charge on any atom is -0.351 e. The van der Waals surface area contributed by atoms with Gasteiger partial charge in [-0.05, 0) is 18.4 Å². The summed E-state index contributed by atoms with van der Waals surface area (Å²) in [5.74, 6) is 0.797. The van der Waals surface area contributed by atoms with Crippen molar-refractivity contribution in [2.24, 2.45) is 5.73 Å². The molecule has 84 valence electrons. The molecule has 0 radical (unpaired) electrons. The van der Waals surface area contributed by atoms with Crippen LogP contribution in [0.1, 0.15) is 12.0 Å². The molecule has 1 aromatic rings. The smallest absolute Gasteiger partial charge is 0.237 e. The maximum absolute atomic E-state index is 11.5. The third-order valence-corrected chi connectivity index (χ3v) is 2.64. The van der Waals surface area contributed by atoms with Gasteiger partial charge in [0, 0.05) is 18.3 Å². The van der Waals surface area contributed by atoms with Crippen molar-refractivity contribution >= 4 is 17.7 Å². The van der Waals surface area contributed by atoms with Crippen LogP contribution in [0.25, 0.3) is 0 Å². The van der Waals surface area contributed by atoms with E-state index in [0.717, 1.165) is 11.3 Å². The molecule has 1 atom stereocenters. The van der Waals surface area contributed by atoms with Gasteiger partial charge in [-0.15, -0.1) is 0 Å². The molecule has 0 aromatic carbocycles. The highest BCUT2D eigenvalue weighted by Gasteiger charge is 2.12. The third-order valence-electron chi connectivity index (χ3n) is 1.99. The fourth-order valence-electron chi connectivity index (χ4n) is 1.07. The van der Waals surface area contributed by atoms with E-state index in [2.05, 4.69) is 15.5 Å². The summed E-state index contributed by atoms with van der Waals surface area (Å²) >= 11 is 1.69. The summed E-state index contributed by atoms with van der Waals surface area (Å²) in [7, 11) is 0. The lowest BCUT2D eigenvalue weighted by Gasteiger charge is -2.10. The average molecular weight is 228 g/mol. The number of thioether (sulfide) groups is 1. The van der Waals surface area contributed by atoms with Gasteiger partial charge in [-0.3, -0.25) is 9.89 Å². The van der Waals surface area contributed by atoms with Gasteiger partial charge in [0.1, 0.15) is 0 Å². The maximum atomic E-state index is 11.5. The zero-order valence-electron chi connectivity index (χ0n) is 8.69. The van der Waals surface area contributed by atoms with Crippen LogP contribution in [0.5, 0.6) is 0 Å². The van der Waals surface area contributed by atoms with Crippen LogP contribution in [0.4, 0.5) is 0 Å². The van der Waals surface area contributed by atoms with Crippen molar-refractivity contribution in [3.63, 3.8) is 0 Å². The van der Waals surface area contributed by atoms with Crippen LogP contribution in [0.3, 0.4) is 0 Å². The first-order valence-corrected chi connectivity index (χ1v) is 6.13. The number of aromatic amines is 1. The fraction of sp³-hybridized carbons (Fsp3) is 0.556. The molecule has 0 spiro atoms. The number of nitrogens with zero attached hydrogens (tertiary/aromatic N) is 1. The molecule has 6 heteroatoms. The molecule has 1 aromatic heterocycles. The Hall–Kier alpha value is -1.01. The molecule has 0 bridgehead atoms. The summed E-state index contributed by atoms with van der Waals surface area (Å²) < 4.78 is 0. The van der Waals surface area contributed by atoms with E-state index >= 15 is 0 Å². The Morgan fingerprint density at radius 1 is 1.80 bits per heavy atom. The molecule has 5 nitrogen and oxygen atoms in total. The van der Waals surface area contributed by atoms with E-state index in [9.17, 15) is 4.79 Å². The largest absolute Gasteiger partial charge is 0.351 e. The van der Waals surface area contributed by atoms with E-state index in [0.29, 0.717) is 13.0 Å². The molecule has 1 heterocycles. The Kier molecular flexibility index (Phi) is 5.20. The molecule has 4 N–H and O–H groups in total. The molecule has 0 aliphatic carbocycles. The van der Waals surface area contributed by atoms with E-state index in [4.69, 9.17) is 5.73 Å². The zero-order valence-corrected chi connectivity index (χ0v) is 9.51. The average Bonchev–Trinajstić information content (AvgIpc) is 2.75. The minimum atomic E-state index is -0.413. The van der Waals surface area contributed by atoms with Crippen molar-refractivity contribution < 1.29 is 4.79 Å². The Morgan fingerprint density at radius 3 is 3.20 bits per heavy atom. The van der Waals surface area contributed by atoms with E-state index < -0.39 is 6.04 Å². The van der Waals surface area contributed by atoms with Crippen molar-refractivity contribution in [2.75, 3.05) is 12.0 Å². The molecular formula is C9H16N4OS. The minimum absolute atomic E-state index is 0.106. The molecule has 0 saturated carbocycles.